The van der Waals surface area contributed by atoms with Crippen molar-refractivity contribution >= 4 is 0 Å². The molecule has 2 fully saturated rings. The van der Waals surface area contributed by atoms with Crippen LogP contribution in [-0.4, -0.2) is 49.3 Å². The van der Waals surface area contributed by atoms with E-state index in [1.165, 1.54) is 45.1 Å². The number of rotatable bonds is 4. The van der Waals surface area contributed by atoms with Crippen LogP contribution in [0.15, 0.2) is 0 Å². The Labute approximate surface area is 112 Å². The predicted molar refractivity (Wildman–Crippen MR) is 75.9 cm³/mol. The topological polar surface area (TPSA) is 24.5 Å². The van der Waals surface area contributed by atoms with Gasteiger partial charge < -0.3 is 10.1 Å². The second-order valence-electron chi connectivity index (χ2n) is 6.30. The number of hydrogen-bond donors (Lipinski definition) is 1. The lowest BCUT2D eigenvalue weighted by atomic mass is 9.86. The molecule has 1 aliphatic heterocycles. The van der Waals surface area contributed by atoms with Gasteiger partial charge in [0.2, 0.25) is 0 Å². The van der Waals surface area contributed by atoms with Gasteiger partial charge in [0.05, 0.1) is 5.60 Å². The fraction of sp³-hybridized carbons (Fsp3) is 1.00. The monoisotopic (exact) mass is 254 g/mol. The number of methoxy groups -OCH3 is 1. The maximum absolute atomic E-state index is 5.72. The van der Waals surface area contributed by atoms with Crippen LogP contribution in [0.1, 0.15) is 52.4 Å². The van der Waals surface area contributed by atoms with Crippen molar-refractivity contribution in [3.63, 3.8) is 0 Å². The Morgan fingerprint density at radius 2 is 2.17 bits per heavy atom. The van der Waals surface area contributed by atoms with Crippen LogP contribution in [-0.2, 0) is 4.74 Å². The van der Waals surface area contributed by atoms with Crippen LogP contribution in [0, 0.1) is 0 Å². The third-order valence-electron chi connectivity index (χ3n) is 4.84. The lowest BCUT2D eigenvalue weighted by Gasteiger charge is -2.45. The standard InChI is InChI=1S/C15H30N2O/c1-4-16-13-7-5-8-14(11-13)17-10-6-9-15(2,12-17)18-3/h13-14,16H,4-12H2,1-3H3. The molecule has 0 amide bonds. The first-order valence-corrected chi connectivity index (χ1v) is 7.69. The van der Waals surface area contributed by atoms with Crippen LogP contribution in [0.4, 0.5) is 0 Å². The third kappa shape index (κ3) is 3.46. The highest BCUT2D eigenvalue weighted by molar-refractivity contribution is 4.91. The minimum absolute atomic E-state index is 0.0867. The molecule has 18 heavy (non-hydrogen) atoms. The number of hydrogen-bond acceptors (Lipinski definition) is 3. The highest BCUT2D eigenvalue weighted by Crippen LogP contribution is 2.30. The van der Waals surface area contributed by atoms with E-state index in [0.29, 0.717) is 0 Å². The highest BCUT2D eigenvalue weighted by atomic mass is 16.5. The van der Waals surface area contributed by atoms with Gasteiger partial charge in [0.1, 0.15) is 0 Å². The van der Waals surface area contributed by atoms with E-state index >= 15 is 0 Å². The molecular formula is C15H30N2O. The lowest BCUT2D eigenvalue weighted by Crippen LogP contribution is -2.53. The van der Waals surface area contributed by atoms with Gasteiger partial charge in [-0.3, -0.25) is 4.90 Å². The Morgan fingerprint density at radius 3 is 2.89 bits per heavy atom. The van der Waals surface area contributed by atoms with Crippen LogP contribution in [0.3, 0.4) is 0 Å². The van der Waals surface area contributed by atoms with Crippen molar-refractivity contribution in [2.24, 2.45) is 0 Å². The van der Waals surface area contributed by atoms with Crippen molar-refractivity contribution < 1.29 is 4.74 Å². The third-order valence-corrected chi connectivity index (χ3v) is 4.84. The van der Waals surface area contributed by atoms with E-state index in [1.807, 2.05) is 7.11 Å². The first kappa shape index (κ1) is 14.3. The van der Waals surface area contributed by atoms with Crippen molar-refractivity contribution in [2.75, 3.05) is 26.7 Å². The van der Waals surface area contributed by atoms with Crippen LogP contribution in [0.5, 0.6) is 0 Å². The quantitative estimate of drug-likeness (QED) is 0.834. The number of likely N-dealkylation sites (tertiary alicyclic amines) is 1. The summed E-state index contributed by atoms with van der Waals surface area (Å²) in [6.45, 7) is 7.97. The van der Waals surface area contributed by atoms with Gasteiger partial charge in [-0.25, -0.2) is 0 Å². The van der Waals surface area contributed by atoms with E-state index in [1.54, 1.807) is 0 Å². The average Bonchev–Trinajstić information content (AvgIpc) is 2.40. The summed E-state index contributed by atoms with van der Waals surface area (Å²) < 4.78 is 5.72. The Balaban J connectivity index is 1.90. The highest BCUT2D eigenvalue weighted by Gasteiger charge is 2.35. The van der Waals surface area contributed by atoms with E-state index in [2.05, 4.69) is 24.1 Å². The van der Waals surface area contributed by atoms with Crippen molar-refractivity contribution in [1.82, 2.24) is 10.2 Å². The molecule has 106 valence electrons. The lowest BCUT2D eigenvalue weighted by molar-refractivity contribution is -0.0657. The van der Waals surface area contributed by atoms with E-state index in [9.17, 15) is 0 Å². The molecule has 3 unspecified atom stereocenters. The molecule has 2 rings (SSSR count). The average molecular weight is 254 g/mol. The van der Waals surface area contributed by atoms with E-state index in [-0.39, 0.29) is 5.60 Å². The van der Waals surface area contributed by atoms with Crippen molar-refractivity contribution in [1.29, 1.82) is 0 Å². The molecule has 0 bridgehead atoms. The van der Waals surface area contributed by atoms with Gasteiger partial charge in [0.25, 0.3) is 0 Å². The molecule has 3 atom stereocenters. The molecule has 2 aliphatic rings. The second-order valence-corrected chi connectivity index (χ2v) is 6.30. The minimum atomic E-state index is 0.0867. The number of nitrogens with zero attached hydrogens (tertiary/aromatic N) is 1. The van der Waals surface area contributed by atoms with Crippen LogP contribution >= 0.6 is 0 Å². The maximum atomic E-state index is 5.72. The minimum Gasteiger partial charge on any atom is -0.377 e. The van der Waals surface area contributed by atoms with Gasteiger partial charge in [-0.05, 0) is 52.1 Å². The van der Waals surface area contributed by atoms with E-state index < -0.39 is 0 Å². The summed E-state index contributed by atoms with van der Waals surface area (Å²) in [5.74, 6) is 0. The molecule has 1 N–H and O–H groups in total. The van der Waals surface area contributed by atoms with Crippen LogP contribution in [0.25, 0.3) is 0 Å². The molecule has 1 saturated carbocycles. The Hall–Kier alpha value is -0.120. The second kappa shape index (κ2) is 6.36. The first-order valence-electron chi connectivity index (χ1n) is 7.69. The first-order chi connectivity index (χ1) is 8.67. The Morgan fingerprint density at radius 1 is 1.33 bits per heavy atom. The Kier molecular flexibility index (Phi) is 5.05. The molecule has 0 aromatic heterocycles. The molecule has 0 radical (unpaired) electrons. The smallest absolute Gasteiger partial charge is 0.0777 e. The van der Waals surface area contributed by atoms with Gasteiger partial charge in [0.15, 0.2) is 0 Å². The summed E-state index contributed by atoms with van der Waals surface area (Å²) in [4.78, 5) is 2.69. The van der Waals surface area contributed by atoms with E-state index in [4.69, 9.17) is 4.74 Å². The number of ether oxygens (including phenoxy) is 1. The predicted octanol–water partition coefficient (Wildman–Crippen LogP) is 2.41. The molecule has 0 aromatic carbocycles. The van der Waals surface area contributed by atoms with Gasteiger partial charge in [-0.2, -0.15) is 0 Å². The van der Waals surface area contributed by atoms with Gasteiger partial charge in [-0.15, -0.1) is 0 Å². The Bertz CT molecular complexity index is 257. The molecule has 3 nitrogen and oxygen atoms in total. The molecular weight excluding hydrogens is 224 g/mol. The summed E-state index contributed by atoms with van der Waals surface area (Å²) in [5, 5.41) is 3.63. The van der Waals surface area contributed by atoms with Crippen LogP contribution < -0.4 is 5.32 Å². The molecule has 0 spiro atoms. The maximum Gasteiger partial charge on any atom is 0.0777 e. The largest absolute Gasteiger partial charge is 0.377 e. The number of nitrogens with one attached hydrogen (secondary N) is 1. The molecule has 1 saturated heterocycles. The van der Waals surface area contributed by atoms with Crippen LogP contribution in [0.2, 0.25) is 0 Å². The number of piperidine rings is 1. The van der Waals surface area contributed by atoms with E-state index in [0.717, 1.165) is 25.2 Å². The fourth-order valence-corrected chi connectivity index (χ4v) is 3.69. The van der Waals surface area contributed by atoms with Crippen molar-refractivity contribution in [2.45, 2.75) is 70.1 Å². The van der Waals surface area contributed by atoms with Crippen molar-refractivity contribution in [3.8, 4) is 0 Å². The SMILES string of the molecule is CCNC1CCCC(N2CCCC(C)(OC)C2)C1. The summed E-state index contributed by atoms with van der Waals surface area (Å²) in [5.41, 5.74) is 0.0867. The molecule has 1 aliphatic carbocycles. The zero-order chi connectivity index (χ0) is 13.0. The summed E-state index contributed by atoms with van der Waals surface area (Å²) in [6, 6.07) is 1.52. The molecule has 0 aromatic rings. The zero-order valence-corrected chi connectivity index (χ0v) is 12.4. The summed E-state index contributed by atoms with van der Waals surface area (Å²) >= 11 is 0. The molecule has 1 heterocycles. The van der Waals surface area contributed by atoms with Gasteiger partial charge >= 0.3 is 0 Å². The zero-order valence-electron chi connectivity index (χ0n) is 12.4. The molecule has 3 heteroatoms. The van der Waals surface area contributed by atoms with Gasteiger partial charge in [-0.1, -0.05) is 13.3 Å². The van der Waals surface area contributed by atoms with Crippen molar-refractivity contribution in [3.05, 3.63) is 0 Å². The summed E-state index contributed by atoms with van der Waals surface area (Å²) in [7, 11) is 1.87. The normalized spacial score (nSPS) is 38.8. The van der Waals surface area contributed by atoms with Gasteiger partial charge in [0, 0.05) is 25.7 Å². The fourth-order valence-electron chi connectivity index (χ4n) is 3.69. The summed E-state index contributed by atoms with van der Waals surface area (Å²) in [6.07, 6.45) is 7.94.